The molecule has 0 bridgehead atoms. The minimum atomic E-state index is -1.10. The standard InChI is InChI=1S/C21H29FN2O6/c1-13(25)23-17(12-14-6-8-15(22)9-7-14)19(27)24-16(20(28)29-5)10-11-18(26)30-21(2,3)4/h6-9,16-17H,10-12H2,1-5H3,(H,23,25)(H,24,27)/t16-,17-/m0/s1. The molecule has 0 aliphatic heterocycles. The van der Waals surface area contributed by atoms with E-state index in [1.807, 2.05) is 0 Å². The lowest BCUT2D eigenvalue weighted by Crippen LogP contribution is -2.52. The van der Waals surface area contributed by atoms with Gasteiger partial charge in [-0.1, -0.05) is 12.1 Å². The first kappa shape index (κ1) is 25.1. The Bertz CT molecular complexity index is 758. The van der Waals surface area contributed by atoms with Crippen molar-refractivity contribution in [1.82, 2.24) is 10.6 Å². The Kier molecular flexibility index (Phi) is 9.42. The molecule has 1 aromatic carbocycles. The maximum Gasteiger partial charge on any atom is 0.328 e. The van der Waals surface area contributed by atoms with Gasteiger partial charge < -0.3 is 20.1 Å². The fraction of sp³-hybridized carbons (Fsp3) is 0.524. The Labute approximate surface area is 175 Å². The molecule has 0 fully saturated rings. The molecular weight excluding hydrogens is 395 g/mol. The lowest BCUT2D eigenvalue weighted by atomic mass is 10.0. The van der Waals surface area contributed by atoms with Crippen LogP contribution in [-0.2, 0) is 35.1 Å². The molecule has 0 radical (unpaired) electrons. The highest BCUT2D eigenvalue weighted by atomic mass is 19.1. The van der Waals surface area contributed by atoms with E-state index in [9.17, 15) is 23.6 Å². The molecule has 0 aromatic heterocycles. The van der Waals surface area contributed by atoms with Gasteiger partial charge in [-0.3, -0.25) is 14.4 Å². The van der Waals surface area contributed by atoms with Crippen molar-refractivity contribution in [3.63, 3.8) is 0 Å². The molecule has 1 aromatic rings. The maximum atomic E-state index is 13.1. The van der Waals surface area contributed by atoms with Crippen LogP contribution in [0.15, 0.2) is 24.3 Å². The summed E-state index contributed by atoms with van der Waals surface area (Å²) in [4.78, 5) is 48.3. The molecule has 30 heavy (non-hydrogen) atoms. The highest BCUT2D eigenvalue weighted by Crippen LogP contribution is 2.11. The van der Waals surface area contributed by atoms with E-state index < -0.39 is 47.3 Å². The third kappa shape index (κ3) is 9.49. The molecule has 8 nitrogen and oxygen atoms in total. The Balaban J connectivity index is 2.85. The molecule has 0 unspecified atom stereocenters. The number of esters is 2. The van der Waals surface area contributed by atoms with E-state index in [-0.39, 0.29) is 19.3 Å². The van der Waals surface area contributed by atoms with Gasteiger partial charge >= 0.3 is 11.9 Å². The third-order valence-electron chi connectivity index (χ3n) is 3.91. The van der Waals surface area contributed by atoms with Gasteiger partial charge in [-0.2, -0.15) is 0 Å². The third-order valence-corrected chi connectivity index (χ3v) is 3.91. The highest BCUT2D eigenvalue weighted by molar-refractivity contribution is 5.90. The van der Waals surface area contributed by atoms with Crippen LogP contribution in [0.1, 0.15) is 46.1 Å². The van der Waals surface area contributed by atoms with Crippen LogP contribution in [-0.4, -0.2) is 48.5 Å². The Morgan fingerprint density at radius 2 is 1.63 bits per heavy atom. The van der Waals surface area contributed by atoms with Crippen LogP contribution in [0, 0.1) is 5.82 Å². The minimum absolute atomic E-state index is 0.0311. The Morgan fingerprint density at radius 1 is 1.03 bits per heavy atom. The number of nitrogens with one attached hydrogen (secondary N) is 2. The van der Waals surface area contributed by atoms with Gasteiger partial charge in [0.2, 0.25) is 11.8 Å². The zero-order valence-corrected chi connectivity index (χ0v) is 17.9. The summed E-state index contributed by atoms with van der Waals surface area (Å²) in [7, 11) is 1.17. The van der Waals surface area contributed by atoms with Crippen molar-refractivity contribution in [1.29, 1.82) is 0 Å². The molecular formula is C21H29FN2O6. The van der Waals surface area contributed by atoms with E-state index in [2.05, 4.69) is 10.6 Å². The van der Waals surface area contributed by atoms with Crippen LogP contribution in [0.3, 0.4) is 0 Å². The highest BCUT2D eigenvalue weighted by Gasteiger charge is 2.28. The largest absolute Gasteiger partial charge is 0.467 e. The Hall–Kier alpha value is -2.97. The van der Waals surface area contributed by atoms with Crippen molar-refractivity contribution in [2.45, 2.75) is 64.6 Å². The first-order valence-corrected chi connectivity index (χ1v) is 9.53. The van der Waals surface area contributed by atoms with Gasteiger partial charge in [-0.15, -0.1) is 0 Å². The van der Waals surface area contributed by atoms with E-state index in [1.165, 1.54) is 38.3 Å². The van der Waals surface area contributed by atoms with E-state index in [0.717, 1.165) is 0 Å². The maximum absolute atomic E-state index is 13.1. The smallest absolute Gasteiger partial charge is 0.328 e. The summed E-state index contributed by atoms with van der Waals surface area (Å²) in [5.41, 5.74) is -0.0547. The Morgan fingerprint density at radius 3 is 2.13 bits per heavy atom. The van der Waals surface area contributed by atoms with Crippen molar-refractivity contribution < 1.29 is 33.0 Å². The number of carbonyl (C=O) groups is 4. The average molecular weight is 424 g/mol. The van der Waals surface area contributed by atoms with E-state index in [0.29, 0.717) is 5.56 Å². The van der Waals surface area contributed by atoms with E-state index in [1.54, 1.807) is 20.8 Å². The summed E-state index contributed by atoms with van der Waals surface area (Å²) in [5.74, 6) is -2.74. The second kappa shape index (κ2) is 11.3. The molecule has 2 N–H and O–H groups in total. The number of methoxy groups -OCH3 is 1. The van der Waals surface area contributed by atoms with Crippen molar-refractivity contribution >= 4 is 23.8 Å². The zero-order valence-electron chi connectivity index (χ0n) is 17.9. The summed E-state index contributed by atoms with van der Waals surface area (Å²) in [6.07, 6.45) is -0.0532. The van der Waals surface area contributed by atoms with E-state index >= 15 is 0 Å². The van der Waals surface area contributed by atoms with Crippen LogP contribution in [0.2, 0.25) is 0 Å². The number of hydrogen-bond acceptors (Lipinski definition) is 6. The summed E-state index contributed by atoms with van der Waals surface area (Å²) < 4.78 is 23.0. The fourth-order valence-corrected chi connectivity index (χ4v) is 2.63. The quantitative estimate of drug-likeness (QED) is 0.583. The average Bonchev–Trinajstić information content (AvgIpc) is 2.63. The van der Waals surface area contributed by atoms with Crippen LogP contribution >= 0.6 is 0 Å². The molecule has 0 spiro atoms. The fourth-order valence-electron chi connectivity index (χ4n) is 2.63. The molecule has 0 aliphatic rings. The lowest BCUT2D eigenvalue weighted by Gasteiger charge is -2.23. The monoisotopic (exact) mass is 424 g/mol. The van der Waals surface area contributed by atoms with Crippen LogP contribution in [0.4, 0.5) is 4.39 Å². The predicted molar refractivity (Wildman–Crippen MR) is 107 cm³/mol. The van der Waals surface area contributed by atoms with Gasteiger partial charge in [-0.25, -0.2) is 9.18 Å². The number of ether oxygens (including phenoxy) is 2. The molecule has 166 valence electrons. The second-order valence-corrected chi connectivity index (χ2v) is 7.79. The molecule has 0 saturated heterocycles. The van der Waals surface area contributed by atoms with Gasteiger partial charge in [0, 0.05) is 19.8 Å². The predicted octanol–water partition coefficient (Wildman–Crippen LogP) is 1.65. The normalized spacial score (nSPS) is 13.0. The van der Waals surface area contributed by atoms with Crippen LogP contribution in [0.5, 0.6) is 0 Å². The SMILES string of the molecule is COC(=O)[C@H](CCC(=O)OC(C)(C)C)NC(=O)[C@H](Cc1ccc(F)cc1)NC(C)=O. The van der Waals surface area contributed by atoms with Gasteiger partial charge in [0.1, 0.15) is 23.5 Å². The first-order chi connectivity index (χ1) is 13.9. The molecule has 0 saturated carbocycles. The van der Waals surface area contributed by atoms with Gasteiger partial charge in [0.15, 0.2) is 0 Å². The lowest BCUT2D eigenvalue weighted by molar-refractivity contribution is -0.155. The number of amides is 2. The number of halogens is 1. The number of rotatable bonds is 9. The summed E-state index contributed by atoms with van der Waals surface area (Å²) in [6.45, 7) is 6.42. The molecule has 9 heteroatoms. The summed E-state index contributed by atoms with van der Waals surface area (Å²) >= 11 is 0. The summed E-state index contributed by atoms with van der Waals surface area (Å²) in [6, 6.07) is 3.39. The van der Waals surface area contributed by atoms with Crippen LogP contribution < -0.4 is 10.6 Å². The van der Waals surface area contributed by atoms with Crippen molar-refractivity contribution in [2.24, 2.45) is 0 Å². The van der Waals surface area contributed by atoms with Gasteiger partial charge in [0.05, 0.1) is 7.11 Å². The molecule has 0 aliphatic carbocycles. The number of carbonyl (C=O) groups excluding carboxylic acids is 4. The zero-order chi connectivity index (χ0) is 22.9. The second-order valence-electron chi connectivity index (χ2n) is 7.79. The van der Waals surface area contributed by atoms with E-state index in [4.69, 9.17) is 9.47 Å². The van der Waals surface area contributed by atoms with Gasteiger partial charge in [-0.05, 0) is 44.9 Å². The molecule has 0 heterocycles. The number of benzene rings is 1. The first-order valence-electron chi connectivity index (χ1n) is 9.53. The summed E-state index contributed by atoms with van der Waals surface area (Å²) in [5, 5.41) is 5.03. The van der Waals surface area contributed by atoms with Crippen LogP contribution in [0.25, 0.3) is 0 Å². The molecule has 1 rings (SSSR count). The topological polar surface area (TPSA) is 111 Å². The van der Waals surface area contributed by atoms with Crippen molar-refractivity contribution in [3.8, 4) is 0 Å². The van der Waals surface area contributed by atoms with Crippen molar-refractivity contribution in [3.05, 3.63) is 35.6 Å². The van der Waals surface area contributed by atoms with Crippen molar-refractivity contribution in [2.75, 3.05) is 7.11 Å². The minimum Gasteiger partial charge on any atom is -0.467 e. The molecule has 2 amide bonds. The molecule has 2 atom stereocenters. The number of hydrogen-bond donors (Lipinski definition) is 2. The van der Waals surface area contributed by atoms with Gasteiger partial charge in [0.25, 0.3) is 0 Å².